The van der Waals surface area contributed by atoms with Gasteiger partial charge in [0.25, 0.3) is 10.1 Å². The van der Waals surface area contributed by atoms with Crippen LogP contribution in [-0.4, -0.2) is 27.0 Å². The molecule has 0 aliphatic heterocycles. The smallest absolute Gasteiger partial charge is 0.264 e. The summed E-state index contributed by atoms with van der Waals surface area (Å²) in [5.41, 5.74) is 1.23. The predicted octanol–water partition coefficient (Wildman–Crippen LogP) is 3.80. The molecule has 112 valence electrons. The molecule has 0 saturated heterocycles. The van der Waals surface area contributed by atoms with Crippen LogP contribution in [0, 0.1) is 0 Å². The van der Waals surface area contributed by atoms with Crippen LogP contribution in [0.25, 0.3) is 0 Å². The second-order valence-electron chi connectivity index (χ2n) is 5.33. The summed E-state index contributed by atoms with van der Waals surface area (Å²) in [4.78, 5) is 1.22. The van der Waals surface area contributed by atoms with Gasteiger partial charge in [0.15, 0.2) is 0 Å². The highest BCUT2D eigenvalue weighted by Gasteiger charge is 2.30. The number of hydrogen-bond donors (Lipinski definition) is 0. The summed E-state index contributed by atoms with van der Waals surface area (Å²) >= 11 is 1.71. The van der Waals surface area contributed by atoms with Crippen LogP contribution in [0.5, 0.6) is 0 Å². The Labute approximate surface area is 126 Å². The van der Waals surface area contributed by atoms with Gasteiger partial charge in [-0.1, -0.05) is 37.5 Å². The minimum Gasteiger partial charge on any atom is -0.266 e. The zero-order valence-electron chi connectivity index (χ0n) is 12.0. The lowest BCUT2D eigenvalue weighted by Crippen LogP contribution is -2.24. The highest BCUT2D eigenvalue weighted by atomic mass is 32.2. The van der Waals surface area contributed by atoms with E-state index < -0.39 is 10.1 Å². The highest BCUT2D eigenvalue weighted by Crippen LogP contribution is 2.38. The zero-order valence-corrected chi connectivity index (χ0v) is 13.7. The summed E-state index contributed by atoms with van der Waals surface area (Å²) in [7, 11) is -3.41. The molecule has 1 saturated carbocycles. The molecule has 2 atom stereocenters. The molecule has 0 heterocycles. The monoisotopic (exact) mass is 314 g/mol. The Hall–Kier alpha value is -0.520. The van der Waals surface area contributed by atoms with Crippen LogP contribution in [0.2, 0.25) is 0 Å². The van der Waals surface area contributed by atoms with E-state index in [0.717, 1.165) is 38.4 Å². The molecular formula is C15H22O3S2. The number of thioether (sulfide) groups is 1. The normalized spacial score (nSPS) is 24.3. The third-order valence-electron chi connectivity index (χ3n) is 3.79. The van der Waals surface area contributed by atoms with Crippen molar-refractivity contribution in [3.8, 4) is 0 Å². The summed E-state index contributed by atoms with van der Waals surface area (Å²) in [5, 5.41) is 0. The molecule has 1 aliphatic carbocycles. The van der Waals surface area contributed by atoms with E-state index in [1.54, 1.807) is 11.8 Å². The zero-order chi connectivity index (χ0) is 14.6. The van der Waals surface area contributed by atoms with E-state index in [1.165, 1.54) is 10.5 Å². The van der Waals surface area contributed by atoms with E-state index in [2.05, 4.69) is 18.4 Å². The van der Waals surface area contributed by atoms with Gasteiger partial charge in [0.2, 0.25) is 0 Å². The Morgan fingerprint density at radius 2 is 1.85 bits per heavy atom. The topological polar surface area (TPSA) is 43.4 Å². The summed E-state index contributed by atoms with van der Waals surface area (Å²) in [6.45, 7) is 0. The van der Waals surface area contributed by atoms with Gasteiger partial charge >= 0.3 is 0 Å². The van der Waals surface area contributed by atoms with E-state index in [4.69, 9.17) is 4.18 Å². The molecule has 1 fully saturated rings. The molecule has 3 nitrogen and oxygen atoms in total. The van der Waals surface area contributed by atoms with Crippen LogP contribution < -0.4 is 0 Å². The van der Waals surface area contributed by atoms with Crippen LogP contribution in [0.1, 0.15) is 43.6 Å². The number of rotatable bonds is 4. The van der Waals surface area contributed by atoms with Crippen molar-refractivity contribution in [2.75, 3.05) is 12.5 Å². The maximum atomic E-state index is 11.5. The van der Waals surface area contributed by atoms with Crippen LogP contribution >= 0.6 is 11.8 Å². The fraction of sp³-hybridized carbons (Fsp3) is 0.600. The van der Waals surface area contributed by atoms with Crippen LogP contribution in [0.15, 0.2) is 29.2 Å². The average molecular weight is 314 g/mol. The molecule has 0 amide bonds. The first-order valence-electron chi connectivity index (χ1n) is 7.02. The Bertz CT molecular complexity index is 540. The average Bonchev–Trinajstić information content (AvgIpc) is 2.62. The molecule has 0 radical (unpaired) electrons. The minimum atomic E-state index is -3.41. The van der Waals surface area contributed by atoms with Crippen molar-refractivity contribution in [3.05, 3.63) is 29.8 Å². The first kappa shape index (κ1) is 15.9. The highest BCUT2D eigenvalue weighted by molar-refractivity contribution is 7.98. The van der Waals surface area contributed by atoms with Gasteiger partial charge in [0, 0.05) is 10.8 Å². The van der Waals surface area contributed by atoms with Crippen molar-refractivity contribution >= 4 is 21.9 Å². The van der Waals surface area contributed by atoms with Gasteiger partial charge in [0.05, 0.1) is 12.4 Å². The van der Waals surface area contributed by atoms with Crippen LogP contribution in [0.3, 0.4) is 0 Å². The van der Waals surface area contributed by atoms with Gasteiger partial charge in [-0.3, -0.25) is 4.18 Å². The second-order valence-corrected chi connectivity index (χ2v) is 7.77. The molecule has 20 heavy (non-hydrogen) atoms. The largest absolute Gasteiger partial charge is 0.266 e. The van der Waals surface area contributed by atoms with Crippen LogP contribution in [0.4, 0.5) is 0 Å². The molecular weight excluding hydrogens is 292 g/mol. The molecule has 0 aromatic heterocycles. The summed E-state index contributed by atoms with van der Waals surface area (Å²) < 4.78 is 28.4. The van der Waals surface area contributed by atoms with Crippen molar-refractivity contribution in [2.45, 2.75) is 49.0 Å². The number of benzene rings is 1. The lowest BCUT2D eigenvalue weighted by Gasteiger charge is -2.26. The molecule has 1 aromatic carbocycles. The molecule has 0 bridgehead atoms. The Balaban J connectivity index is 2.32. The van der Waals surface area contributed by atoms with E-state index >= 15 is 0 Å². The van der Waals surface area contributed by atoms with Gasteiger partial charge in [0.1, 0.15) is 0 Å². The van der Waals surface area contributed by atoms with Gasteiger partial charge in [-0.05, 0) is 30.7 Å². The van der Waals surface area contributed by atoms with E-state index in [-0.39, 0.29) is 12.0 Å². The molecule has 2 unspecified atom stereocenters. The summed E-state index contributed by atoms with van der Waals surface area (Å²) in [6.07, 6.45) is 8.13. The first-order chi connectivity index (χ1) is 9.51. The molecule has 1 aliphatic rings. The third kappa shape index (κ3) is 4.24. The SMILES string of the molecule is CSc1ccccc1C1CCCCCC1OS(C)(=O)=O. The van der Waals surface area contributed by atoms with Crippen LogP contribution in [-0.2, 0) is 14.3 Å². The van der Waals surface area contributed by atoms with E-state index in [0.29, 0.717) is 0 Å². The lowest BCUT2D eigenvalue weighted by molar-refractivity contribution is 0.169. The standard InChI is InChI=1S/C15H22O3S2/c1-19-15-11-7-6-9-13(15)12-8-4-3-5-10-14(12)18-20(2,16)17/h6-7,9,11-12,14H,3-5,8,10H2,1-2H3. The van der Waals surface area contributed by atoms with Gasteiger partial charge in [-0.25, -0.2) is 0 Å². The van der Waals surface area contributed by atoms with Crippen molar-refractivity contribution in [1.82, 2.24) is 0 Å². The maximum Gasteiger partial charge on any atom is 0.264 e. The summed E-state index contributed by atoms with van der Waals surface area (Å²) in [6, 6.07) is 8.26. The molecule has 5 heteroatoms. The predicted molar refractivity (Wildman–Crippen MR) is 83.8 cm³/mol. The molecule has 2 rings (SSSR count). The van der Waals surface area contributed by atoms with Gasteiger partial charge in [-0.2, -0.15) is 8.42 Å². The third-order valence-corrected chi connectivity index (χ3v) is 5.20. The van der Waals surface area contributed by atoms with Crippen molar-refractivity contribution < 1.29 is 12.6 Å². The Kier molecular flexibility index (Phi) is 5.52. The van der Waals surface area contributed by atoms with E-state index in [9.17, 15) is 8.42 Å². The van der Waals surface area contributed by atoms with Crippen molar-refractivity contribution in [1.29, 1.82) is 0 Å². The Morgan fingerprint density at radius 3 is 2.55 bits per heavy atom. The van der Waals surface area contributed by atoms with Crippen molar-refractivity contribution in [2.24, 2.45) is 0 Å². The Morgan fingerprint density at radius 1 is 1.15 bits per heavy atom. The lowest BCUT2D eigenvalue weighted by atomic mass is 9.89. The maximum absolute atomic E-state index is 11.5. The fourth-order valence-electron chi connectivity index (χ4n) is 2.94. The quantitative estimate of drug-likeness (QED) is 0.482. The number of hydrogen-bond acceptors (Lipinski definition) is 4. The first-order valence-corrected chi connectivity index (χ1v) is 10.1. The van der Waals surface area contributed by atoms with E-state index in [1.807, 2.05) is 12.1 Å². The molecule has 1 aromatic rings. The van der Waals surface area contributed by atoms with Crippen molar-refractivity contribution in [3.63, 3.8) is 0 Å². The van der Waals surface area contributed by atoms with Gasteiger partial charge < -0.3 is 0 Å². The fourth-order valence-corrected chi connectivity index (χ4v) is 4.29. The molecule has 0 N–H and O–H groups in total. The molecule has 0 spiro atoms. The van der Waals surface area contributed by atoms with Gasteiger partial charge in [-0.15, -0.1) is 11.8 Å². The summed E-state index contributed by atoms with van der Waals surface area (Å²) in [5.74, 6) is 0.177. The second kappa shape index (κ2) is 6.96. The minimum absolute atomic E-state index is 0.177.